The van der Waals surface area contributed by atoms with Gasteiger partial charge in [0.2, 0.25) is 0 Å². The van der Waals surface area contributed by atoms with E-state index in [0.717, 1.165) is 16.9 Å². The monoisotopic (exact) mass is 414 g/mol. The molecule has 0 spiro atoms. The van der Waals surface area contributed by atoms with Crippen LogP contribution in [0.5, 0.6) is 5.75 Å². The normalized spacial score (nSPS) is 12.0. The lowest BCUT2D eigenvalue weighted by molar-refractivity contribution is -0.139. The van der Waals surface area contributed by atoms with Crippen LogP contribution in [0.4, 0.5) is 0 Å². The largest absolute Gasteiger partial charge is 0.492 e. The topological polar surface area (TPSA) is 97.6 Å². The lowest BCUT2D eigenvalue weighted by Crippen LogP contribution is -2.38. The minimum absolute atomic E-state index is 0.155. The molecule has 3 rings (SSSR count). The SMILES string of the molecule is CCNC(Cc1ccc(OCCn2c(=O)sc3ccccc3c2=O)cc1)C(=O)O. The fourth-order valence-corrected chi connectivity index (χ4v) is 3.89. The Hall–Kier alpha value is -2.97. The van der Waals surface area contributed by atoms with E-state index >= 15 is 0 Å². The third kappa shape index (κ3) is 5.10. The molecular weight excluding hydrogens is 392 g/mol. The lowest BCUT2D eigenvalue weighted by Gasteiger charge is -2.13. The summed E-state index contributed by atoms with van der Waals surface area (Å²) in [5, 5.41) is 12.7. The van der Waals surface area contributed by atoms with Gasteiger partial charge in [-0.25, -0.2) is 0 Å². The molecule has 0 amide bonds. The zero-order chi connectivity index (χ0) is 20.8. The van der Waals surface area contributed by atoms with E-state index in [1.54, 1.807) is 36.4 Å². The average Bonchev–Trinajstić information content (AvgIpc) is 2.71. The highest BCUT2D eigenvalue weighted by molar-refractivity contribution is 7.16. The summed E-state index contributed by atoms with van der Waals surface area (Å²) < 4.78 is 7.52. The Bertz CT molecular complexity index is 1100. The number of carbonyl (C=O) groups is 1. The maximum Gasteiger partial charge on any atom is 0.321 e. The van der Waals surface area contributed by atoms with Gasteiger partial charge in [0, 0.05) is 4.70 Å². The molecule has 0 aliphatic rings. The lowest BCUT2D eigenvalue weighted by atomic mass is 10.1. The first kappa shape index (κ1) is 20.8. The van der Waals surface area contributed by atoms with E-state index in [4.69, 9.17) is 4.74 Å². The number of nitrogens with one attached hydrogen (secondary N) is 1. The van der Waals surface area contributed by atoms with Crippen LogP contribution in [0.2, 0.25) is 0 Å². The van der Waals surface area contributed by atoms with Gasteiger partial charge in [0.1, 0.15) is 18.4 Å². The first-order chi connectivity index (χ1) is 14.0. The molecule has 1 heterocycles. The van der Waals surface area contributed by atoms with E-state index in [1.165, 1.54) is 4.57 Å². The number of likely N-dealkylation sites (N-methyl/N-ethyl adjacent to an activating group) is 1. The molecule has 2 aromatic carbocycles. The Morgan fingerprint density at radius 2 is 1.90 bits per heavy atom. The van der Waals surface area contributed by atoms with Crippen molar-refractivity contribution < 1.29 is 14.6 Å². The molecule has 0 aliphatic heterocycles. The number of aliphatic carboxylic acids is 1. The van der Waals surface area contributed by atoms with Crippen LogP contribution in [0.15, 0.2) is 58.1 Å². The van der Waals surface area contributed by atoms with Crippen LogP contribution in [0, 0.1) is 0 Å². The Balaban J connectivity index is 1.63. The van der Waals surface area contributed by atoms with Crippen molar-refractivity contribution in [3.63, 3.8) is 0 Å². The predicted octanol–water partition coefficient (Wildman–Crippen LogP) is 2.11. The number of hydrogen-bond donors (Lipinski definition) is 2. The molecule has 0 radical (unpaired) electrons. The van der Waals surface area contributed by atoms with Gasteiger partial charge in [-0.05, 0) is 42.8 Å². The van der Waals surface area contributed by atoms with Gasteiger partial charge in [0.25, 0.3) is 5.56 Å². The molecule has 3 aromatic rings. The van der Waals surface area contributed by atoms with Gasteiger partial charge in [-0.3, -0.25) is 19.0 Å². The second-order valence-corrected chi connectivity index (χ2v) is 7.46. The summed E-state index contributed by atoms with van der Waals surface area (Å²) in [6.45, 7) is 2.77. The van der Waals surface area contributed by atoms with Crippen LogP contribution >= 0.6 is 11.3 Å². The van der Waals surface area contributed by atoms with Gasteiger partial charge in [-0.15, -0.1) is 0 Å². The molecular formula is C21H22N2O5S. The summed E-state index contributed by atoms with van der Waals surface area (Å²) in [4.78, 5) is 35.7. The summed E-state index contributed by atoms with van der Waals surface area (Å²) in [6.07, 6.45) is 0.372. The van der Waals surface area contributed by atoms with Crippen LogP contribution in [0.3, 0.4) is 0 Å². The number of rotatable bonds is 9. The molecule has 0 saturated heterocycles. The molecule has 29 heavy (non-hydrogen) atoms. The third-order valence-corrected chi connectivity index (χ3v) is 5.45. The summed E-state index contributed by atoms with van der Waals surface area (Å²) in [6, 6.07) is 13.5. The highest BCUT2D eigenvalue weighted by atomic mass is 32.1. The molecule has 0 fully saturated rings. The molecule has 0 aliphatic carbocycles. The second-order valence-electron chi connectivity index (χ2n) is 6.47. The predicted molar refractivity (Wildman–Crippen MR) is 113 cm³/mol. The number of hydrogen-bond acceptors (Lipinski definition) is 6. The third-order valence-electron chi connectivity index (χ3n) is 4.48. The second kappa shape index (κ2) is 9.49. The zero-order valence-corrected chi connectivity index (χ0v) is 16.8. The van der Waals surface area contributed by atoms with Gasteiger partial charge in [0.05, 0.1) is 11.9 Å². The number of ether oxygens (including phenoxy) is 1. The standard InChI is InChI=1S/C21H22N2O5S/c1-2-22-17(20(25)26)13-14-7-9-15(10-8-14)28-12-11-23-19(24)16-5-3-4-6-18(16)29-21(23)27/h3-10,17,22H,2,11-13H2,1H3,(H,25,26). The highest BCUT2D eigenvalue weighted by Gasteiger charge is 2.16. The maximum atomic E-state index is 12.5. The fraction of sp³-hybridized carbons (Fsp3) is 0.286. The number of benzene rings is 2. The van der Waals surface area contributed by atoms with Gasteiger partial charge >= 0.3 is 10.8 Å². The van der Waals surface area contributed by atoms with Crippen LogP contribution in [0.1, 0.15) is 12.5 Å². The van der Waals surface area contributed by atoms with Gasteiger partial charge in [-0.2, -0.15) is 0 Å². The summed E-state index contributed by atoms with van der Waals surface area (Å²) >= 11 is 1.04. The Labute approximate surface area is 171 Å². The molecule has 1 atom stereocenters. The molecule has 0 bridgehead atoms. The zero-order valence-electron chi connectivity index (χ0n) is 16.0. The smallest absolute Gasteiger partial charge is 0.321 e. The van der Waals surface area contributed by atoms with Crippen LogP contribution in [-0.4, -0.2) is 34.8 Å². The summed E-state index contributed by atoms with van der Waals surface area (Å²) in [5.41, 5.74) is 0.562. The van der Waals surface area contributed by atoms with Crippen molar-refractivity contribution >= 4 is 27.4 Å². The maximum absolute atomic E-state index is 12.5. The molecule has 152 valence electrons. The number of carboxylic acid groups (broad SMARTS) is 1. The van der Waals surface area contributed by atoms with E-state index in [-0.39, 0.29) is 23.6 Å². The average molecular weight is 414 g/mol. The Morgan fingerprint density at radius 3 is 2.59 bits per heavy atom. The van der Waals surface area contributed by atoms with E-state index in [1.807, 2.05) is 19.1 Å². The summed E-state index contributed by atoms with van der Waals surface area (Å²) in [5.74, 6) is -0.295. The van der Waals surface area contributed by atoms with Crippen molar-refractivity contribution in [2.45, 2.75) is 25.9 Å². The Morgan fingerprint density at radius 1 is 1.17 bits per heavy atom. The number of fused-ring (bicyclic) bond motifs is 1. The number of carboxylic acids is 1. The van der Waals surface area contributed by atoms with Crippen molar-refractivity contribution in [2.24, 2.45) is 0 Å². The van der Waals surface area contributed by atoms with Gasteiger partial charge in [-0.1, -0.05) is 42.5 Å². The van der Waals surface area contributed by atoms with Crippen LogP contribution < -0.4 is 20.5 Å². The van der Waals surface area contributed by atoms with Crippen LogP contribution in [-0.2, 0) is 17.8 Å². The van der Waals surface area contributed by atoms with E-state index in [2.05, 4.69) is 5.32 Å². The summed E-state index contributed by atoms with van der Waals surface area (Å²) in [7, 11) is 0. The van der Waals surface area contributed by atoms with Gasteiger partial charge < -0.3 is 15.2 Å². The molecule has 1 aromatic heterocycles. The van der Waals surface area contributed by atoms with E-state index < -0.39 is 12.0 Å². The minimum atomic E-state index is -0.887. The van der Waals surface area contributed by atoms with Crippen molar-refractivity contribution in [3.8, 4) is 5.75 Å². The van der Waals surface area contributed by atoms with E-state index in [9.17, 15) is 19.5 Å². The molecule has 7 nitrogen and oxygen atoms in total. The minimum Gasteiger partial charge on any atom is -0.492 e. The molecule has 8 heteroatoms. The molecule has 1 unspecified atom stereocenters. The molecule has 0 saturated carbocycles. The fourth-order valence-electron chi connectivity index (χ4n) is 3.01. The van der Waals surface area contributed by atoms with Crippen molar-refractivity contribution in [1.29, 1.82) is 0 Å². The van der Waals surface area contributed by atoms with Gasteiger partial charge in [0.15, 0.2) is 0 Å². The number of nitrogens with zero attached hydrogens (tertiary/aromatic N) is 1. The van der Waals surface area contributed by atoms with Crippen molar-refractivity contribution in [1.82, 2.24) is 9.88 Å². The van der Waals surface area contributed by atoms with Crippen molar-refractivity contribution in [2.75, 3.05) is 13.2 Å². The first-order valence-electron chi connectivity index (χ1n) is 9.30. The first-order valence-corrected chi connectivity index (χ1v) is 10.1. The quantitative estimate of drug-likeness (QED) is 0.557. The van der Waals surface area contributed by atoms with Crippen molar-refractivity contribution in [3.05, 3.63) is 74.1 Å². The Kier molecular flexibility index (Phi) is 6.79. The van der Waals surface area contributed by atoms with E-state index in [0.29, 0.717) is 28.8 Å². The number of aromatic nitrogens is 1. The highest BCUT2D eigenvalue weighted by Crippen LogP contribution is 2.14. The van der Waals surface area contributed by atoms with Crippen LogP contribution in [0.25, 0.3) is 10.1 Å². The molecule has 2 N–H and O–H groups in total.